The second-order valence-electron chi connectivity index (χ2n) is 5.86. The predicted molar refractivity (Wildman–Crippen MR) is 99.5 cm³/mol. The van der Waals surface area contributed by atoms with Crippen LogP contribution in [0, 0.1) is 13.8 Å². The lowest BCUT2D eigenvalue weighted by Crippen LogP contribution is -1.99. The second-order valence-corrected chi connectivity index (χ2v) is 7.02. The Kier molecular flexibility index (Phi) is 4.78. The lowest BCUT2D eigenvalue weighted by Gasteiger charge is -2.19. The Morgan fingerprint density at radius 1 is 0.800 bits per heavy atom. The standard InChI is InChI=1S/C20H19O4P/c1-14-15(2)20(17-11-7-4-8-12-17)19(24-25(21,22)23)13-18(14)16-9-5-3-6-10-16/h3-13H,1-2H3,(H2,21,22,23). The number of benzene rings is 3. The van der Waals surface area contributed by atoms with Gasteiger partial charge in [-0.1, -0.05) is 60.7 Å². The van der Waals surface area contributed by atoms with Gasteiger partial charge in [0.2, 0.25) is 0 Å². The zero-order valence-corrected chi connectivity index (χ0v) is 14.9. The first kappa shape index (κ1) is 17.4. The molecule has 0 aliphatic heterocycles. The zero-order chi connectivity index (χ0) is 18.0. The summed E-state index contributed by atoms with van der Waals surface area (Å²) in [5.41, 5.74) is 5.38. The number of rotatable bonds is 4. The van der Waals surface area contributed by atoms with Crippen molar-refractivity contribution in [2.24, 2.45) is 0 Å². The third-order valence-corrected chi connectivity index (χ3v) is 4.66. The van der Waals surface area contributed by atoms with Crippen molar-refractivity contribution in [1.82, 2.24) is 0 Å². The van der Waals surface area contributed by atoms with Crippen molar-refractivity contribution < 1.29 is 18.9 Å². The van der Waals surface area contributed by atoms with Crippen molar-refractivity contribution in [2.45, 2.75) is 13.8 Å². The molecule has 0 amide bonds. The van der Waals surface area contributed by atoms with Crippen molar-refractivity contribution >= 4 is 7.82 Å². The lowest BCUT2D eigenvalue weighted by atomic mass is 9.90. The Labute approximate surface area is 147 Å². The summed E-state index contributed by atoms with van der Waals surface area (Å²) >= 11 is 0. The van der Waals surface area contributed by atoms with Crippen molar-refractivity contribution in [3.63, 3.8) is 0 Å². The number of phosphoric ester groups is 1. The van der Waals surface area contributed by atoms with E-state index in [-0.39, 0.29) is 5.75 Å². The van der Waals surface area contributed by atoms with Crippen molar-refractivity contribution in [1.29, 1.82) is 0 Å². The number of phosphoric acid groups is 1. The van der Waals surface area contributed by atoms with Crippen LogP contribution in [0.2, 0.25) is 0 Å². The summed E-state index contributed by atoms with van der Waals surface area (Å²) in [6.45, 7) is 3.95. The molecule has 0 aromatic heterocycles. The van der Waals surface area contributed by atoms with Crippen LogP contribution < -0.4 is 4.52 Å². The van der Waals surface area contributed by atoms with Gasteiger partial charge in [-0.15, -0.1) is 0 Å². The average Bonchev–Trinajstić information content (AvgIpc) is 2.58. The molecule has 0 bridgehead atoms. The van der Waals surface area contributed by atoms with E-state index in [1.165, 1.54) is 0 Å². The summed E-state index contributed by atoms with van der Waals surface area (Å²) in [6.07, 6.45) is 0. The maximum absolute atomic E-state index is 11.5. The highest BCUT2D eigenvalue weighted by Crippen LogP contribution is 2.46. The van der Waals surface area contributed by atoms with Gasteiger partial charge in [-0.3, -0.25) is 9.79 Å². The minimum absolute atomic E-state index is 0.182. The summed E-state index contributed by atoms with van der Waals surface area (Å²) in [4.78, 5) is 18.7. The molecule has 4 nitrogen and oxygen atoms in total. The summed E-state index contributed by atoms with van der Waals surface area (Å²) in [7, 11) is -4.68. The first-order valence-corrected chi connectivity index (χ1v) is 9.40. The van der Waals surface area contributed by atoms with E-state index in [1.54, 1.807) is 6.07 Å². The predicted octanol–water partition coefficient (Wildman–Crippen LogP) is 5.11. The molecule has 0 atom stereocenters. The van der Waals surface area contributed by atoms with E-state index in [1.807, 2.05) is 74.5 Å². The third kappa shape index (κ3) is 3.83. The number of hydrogen-bond donors (Lipinski definition) is 2. The fourth-order valence-corrected chi connectivity index (χ4v) is 3.37. The molecule has 3 rings (SSSR count). The third-order valence-electron chi connectivity index (χ3n) is 4.23. The van der Waals surface area contributed by atoms with Gasteiger partial charge in [0, 0.05) is 5.56 Å². The van der Waals surface area contributed by atoms with Crippen LogP contribution in [0.15, 0.2) is 66.7 Å². The molecular formula is C20H19O4P. The summed E-state index contributed by atoms with van der Waals surface area (Å²) < 4.78 is 16.6. The van der Waals surface area contributed by atoms with Gasteiger partial charge in [-0.05, 0) is 47.7 Å². The fourth-order valence-electron chi connectivity index (χ4n) is 2.97. The van der Waals surface area contributed by atoms with Crippen LogP contribution in [0.25, 0.3) is 22.3 Å². The molecule has 0 aliphatic rings. The minimum atomic E-state index is -4.68. The molecule has 0 heterocycles. The first-order valence-electron chi connectivity index (χ1n) is 7.87. The average molecular weight is 354 g/mol. The van der Waals surface area contributed by atoms with Crippen molar-refractivity contribution in [3.8, 4) is 28.0 Å². The zero-order valence-electron chi connectivity index (χ0n) is 14.0. The van der Waals surface area contributed by atoms with Crippen LogP contribution in [0.4, 0.5) is 0 Å². The molecule has 0 aliphatic carbocycles. The molecule has 2 N–H and O–H groups in total. The molecule has 0 radical (unpaired) electrons. The fraction of sp³-hybridized carbons (Fsp3) is 0.100. The molecule has 0 fully saturated rings. The van der Waals surface area contributed by atoms with Crippen LogP contribution in [-0.4, -0.2) is 9.79 Å². The van der Waals surface area contributed by atoms with E-state index in [0.29, 0.717) is 5.56 Å². The highest BCUT2D eigenvalue weighted by atomic mass is 31.2. The molecule has 3 aromatic carbocycles. The van der Waals surface area contributed by atoms with E-state index < -0.39 is 7.82 Å². The summed E-state index contributed by atoms with van der Waals surface area (Å²) in [5.74, 6) is 0.182. The van der Waals surface area contributed by atoms with Gasteiger partial charge in [0.25, 0.3) is 0 Å². The van der Waals surface area contributed by atoms with Crippen molar-refractivity contribution in [3.05, 3.63) is 77.9 Å². The van der Waals surface area contributed by atoms with Gasteiger partial charge in [0.05, 0.1) is 0 Å². The van der Waals surface area contributed by atoms with Crippen LogP contribution in [0.1, 0.15) is 11.1 Å². The summed E-state index contributed by atoms with van der Waals surface area (Å²) in [5, 5.41) is 0. The van der Waals surface area contributed by atoms with Gasteiger partial charge in [-0.2, -0.15) is 0 Å². The molecule has 128 valence electrons. The van der Waals surface area contributed by atoms with Gasteiger partial charge in [0.1, 0.15) is 5.75 Å². The Morgan fingerprint density at radius 2 is 1.32 bits per heavy atom. The van der Waals surface area contributed by atoms with E-state index >= 15 is 0 Å². The Bertz CT molecular complexity index is 931. The minimum Gasteiger partial charge on any atom is -0.404 e. The maximum atomic E-state index is 11.5. The van der Waals surface area contributed by atoms with Gasteiger partial charge in [0.15, 0.2) is 0 Å². The second kappa shape index (κ2) is 6.85. The van der Waals surface area contributed by atoms with Gasteiger partial charge < -0.3 is 4.52 Å². The van der Waals surface area contributed by atoms with Crippen LogP contribution >= 0.6 is 7.82 Å². The monoisotopic (exact) mass is 354 g/mol. The smallest absolute Gasteiger partial charge is 0.404 e. The highest BCUT2D eigenvalue weighted by Gasteiger charge is 2.23. The van der Waals surface area contributed by atoms with E-state index in [9.17, 15) is 14.4 Å². The Hall–Kier alpha value is -2.39. The van der Waals surface area contributed by atoms with Gasteiger partial charge >= 0.3 is 7.82 Å². The summed E-state index contributed by atoms with van der Waals surface area (Å²) in [6, 6.07) is 20.9. The van der Waals surface area contributed by atoms with Crippen LogP contribution in [0.5, 0.6) is 5.75 Å². The van der Waals surface area contributed by atoms with Crippen LogP contribution in [0.3, 0.4) is 0 Å². The molecule has 0 saturated heterocycles. The lowest BCUT2D eigenvalue weighted by molar-refractivity contribution is 0.283. The van der Waals surface area contributed by atoms with Crippen LogP contribution in [-0.2, 0) is 4.57 Å². The topological polar surface area (TPSA) is 66.8 Å². The van der Waals surface area contributed by atoms with E-state index in [0.717, 1.165) is 27.8 Å². The normalized spacial score (nSPS) is 11.4. The molecule has 0 saturated carbocycles. The van der Waals surface area contributed by atoms with E-state index in [2.05, 4.69) is 0 Å². The molecule has 25 heavy (non-hydrogen) atoms. The Balaban J connectivity index is 2.28. The quantitative estimate of drug-likeness (QED) is 0.639. The molecule has 5 heteroatoms. The highest BCUT2D eigenvalue weighted by molar-refractivity contribution is 7.46. The number of hydrogen-bond acceptors (Lipinski definition) is 2. The molecular weight excluding hydrogens is 335 g/mol. The Morgan fingerprint density at radius 3 is 1.84 bits per heavy atom. The molecule has 0 unspecified atom stereocenters. The van der Waals surface area contributed by atoms with Gasteiger partial charge in [-0.25, -0.2) is 4.57 Å². The van der Waals surface area contributed by atoms with E-state index in [4.69, 9.17) is 4.52 Å². The maximum Gasteiger partial charge on any atom is 0.524 e. The molecule has 0 spiro atoms. The largest absolute Gasteiger partial charge is 0.524 e. The molecule has 3 aromatic rings. The first-order chi connectivity index (χ1) is 11.9. The van der Waals surface area contributed by atoms with Crippen molar-refractivity contribution in [2.75, 3.05) is 0 Å². The SMILES string of the molecule is Cc1c(-c2ccccc2)cc(OP(=O)(O)O)c(-c2ccccc2)c1C.